The lowest BCUT2D eigenvalue weighted by atomic mass is 10.0. The molecule has 7 nitrogen and oxygen atoms in total. The first-order valence-electron chi connectivity index (χ1n) is 9.27. The number of rotatable bonds is 14. The van der Waals surface area contributed by atoms with Crippen molar-refractivity contribution in [3.63, 3.8) is 0 Å². The fourth-order valence-corrected chi connectivity index (χ4v) is 3.42. The minimum Gasteiger partial charge on any atom is -0.396 e. The Morgan fingerprint density at radius 1 is 1.29 bits per heavy atom. The van der Waals surface area contributed by atoms with E-state index in [0.717, 1.165) is 25.1 Å². The highest BCUT2D eigenvalue weighted by Gasteiger charge is 2.17. The second-order valence-electron chi connectivity index (χ2n) is 6.16. The SMILES string of the molecule is C=CC(=C)SC(=N)c1c(C)nc(NCCNSC)nc1NCCC(CC)CO. The van der Waals surface area contributed by atoms with Gasteiger partial charge in [-0.3, -0.25) is 10.1 Å². The second kappa shape index (κ2) is 13.6. The van der Waals surface area contributed by atoms with E-state index in [1.165, 1.54) is 11.8 Å². The third-order valence-corrected chi connectivity index (χ3v) is 5.44. The Labute approximate surface area is 176 Å². The number of hydrogen-bond donors (Lipinski definition) is 5. The van der Waals surface area contributed by atoms with Gasteiger partial charge in [0.25, 0.3) is 0 Å². The number of nitrogens with zero attached hydrogens (tertiary/aromatic N) is 2. The van der Waals surface area contributed by atoms with E-state index in [2.05, 4.69) is 45.4 Å². The number of hydrogen-bond acceptors (Lipinski definition) is 9. The standard InChI is InChI=1S/C19H32N6OS2/c1-6-13(3)28-17(20)16-14(4)24-19(22-10-11-23-27-5)25-18(16)21-9-8-15(7-2)12-26/h6,15,20,23,26H,1,3,7-12H2,2,4-5H3,(H2,21,22,24,25). The van der Waals surface area contributed by atoms with Gasteiger partial charge in [0, 0.05) is 31.1 Å². The van der Waals surface area contributed by atoms with Crippen molar-refractivity contribution < 1.29 is 5.11 Å². The molecule has 0 radical (unpaired) electrons. The van der Waals surface area contributed by atoms with Crippen LogP contribution in [0.2, 0.25) is 0 Å². The van der Waals surface area contributed by atoms with E-state index in [0.29, 0.717) is 40.4 Å². The van der Waals surface area contributed by atoms with Crippen LogP contribution >= 0.6 is 23.7 Å². The number of aromatic nitrogens is 2. The summed E-state index contributed by atoms with van der Waals surface area (Å²) < 4.78 is 3.17. The van der Waals surface area contributed by atoms with Crippen LogP contribution in [0.25, 0.3) is 0 Å². The van der Waals surface area contributed by atoms with Crippen LogP contribution in [-0.4, -0.2) is 52.6 Å². The molecule has 28 heavy (non-hydrogen) atoms. The van der Waals surface area contributed by atoms with Gasteiger partial charge < -0.3 is 15.7 Å². The number of aliphatic hydroxyl groups excluding tert-OH is 1. The van der Waals surface area contributed by atoms with E-state index < -0.39 is 0 Å². The summed E-state index contributed by atoms with van der Waals surface area (Å²) in [4.78, 5) is 9.81. The molecule has 1 rings (SSSR count). The number of allylic oxidation sites excluding steroid dienone is 1. The van der Waals surface area contributed by atoms with Gasteiger partial charge >= 0.3 is 0 Å². The number of anilines is 2. The van der Waals surface area contributed by atoms with Crippen molar-refractivity contribution >= 4 is 40.5 Å². The van der Waals surface area contributed by atoms with Crippen LogP contribution in [0.15, 0.2) is 24.1 Å². The average molecular weight is 425 g/mol. The molecular formula is C19H32N6OS2. The minimum absolute atomic E-state index is 0.175. The Bertz CT molecular complexity index is 664. The maximum Gasteiger partial charge on any atom is 0.224 e. The van der Waals surface area contributed by atoms with Crippen molar-refractivity contribution in [1.82, 2.24) is 14.7 Å². The quantitative estimate of drug-likeness (QED) is 0.101. The molecule has 5 N–H and O–H groups in total. The van der Waals surface area contributed by atoms with Gasteiger partial charge in [-0.2, -0.15) is 4.98 Å². The van der Waals surface area contributed by atoms with Crippen molar-refractivity contribution in [1.29, 1.82) is 5.41 Å². The predicted molar refractivity (Wildman–Crippen MR) is 125 cm³/mol. The van der Waals surface area contributed by atoms with Crippen LogP contribution in [0.4, 0.5) is 11.8 Å². The molecule has 0 aliphatic carbocycles. The first kappa shape index (κ1) is 24.5. The minimum atomic E-state index is 0.175. The number of nitrogens with one attached hydrogen (secondary N) is 4. The van der Waals surface area contributed by atoms with Crippen LogP contribution in [0.3, 0.4) is 0 Å². The lowest BCUT2D eigenvalue weighted by Gasteiger charge is -2.17. The van der Waals surface area contributed by atoms with Crippen molar-refractivity contribution in [2.75, 3.05) is 43.1 Å². The normalized spacial score (nSPS) is 11.7. The topological polar surface area (TPSA) is 106 Å². The van der Waals surface area contributed by atoms with E-state index in [1.54, 1.807) is 18.0 Å². The van der Waals surface area contributed by atoms with Crippen molar-refractivity contribution in [2.45, 2.75) is 26.7 Å². The zero-order chi connectivity index (χ0) is 20.9. The molecule has 0 saturated carbocycles. The number of thioether (sulfide) groups is 1. The third kappa shape index (κ3) is 8.22. The molecular weight excluding hydrogens is 392 g/mol. The fourth-order valence-electron chi connectivity index (χ4n) is 2.42. The first-order chi connectivity index (χ1) is 13.5. The van der Waals surface area contributed by atoms with Gasteiger partial charge in [0.2, 0.25) is 5.95 Å². The maximum absolute atomic E-state index is 9.39. The fraction of sp³-hybridized carbons (Fsp3) is 0.526. The van der Waals surface area contributed by atoms with Gasteiger partial charge in [0.1, 0.15) is 10.9 Å². The lowest BCUT2D eigenvalue weighted by molar-refractivity contribution is 0.217. The number of aliphatic hydroxyl groups is 1. The molecule has 0 aromatic carbocycles. The molecule has 1 heterocycles. The summed E-state index contributed by atoms with van der Waals surface area (Å²) >= 11 is 2.80. The lowest BCUT2D eigenvalue weighted by Crippen LogP contribution is -2.20. The van der Waals surface area contributed by atoms with Crippen LogP contribution in [-0.2, 0) is 0 Å². The Hall–Kier alpha value is -1.55. The largest absolute Gasteiger partial charge is 0.396 e. The zero-order valence-corrected chi connectivity index (χ0v) is 18.6. The molecule has 1 aromatic heterocycles. The Morgan fingerprint density at radius 3 is 2.64 bits per heavy atom. The number of aryl methyl sites for hydroxylation is 1. The summed E-state index contributed by atoms with van der Waals surface area (Å²) in [5.41, 5.74) is 1.39. The first-order valence-corrected chi connectivity index (χ1v) is 11.3. The van der Waals surface area contributed by atoms with Gasteiger partial charge in [0.15, 0.2) is 0 Å². The summed E-state index contributed by atoms with van der Waals surface area (Å²) in [6.45, 7) is 13.8. The predicted octanol–water partition coefficient (Wildman–Crippen LogP) is 3.64. The molecule has 0 bridgehead atoms. The Kier molecular flexibility index (Phi) is 11.9. The summed E-state index contributed by atoms with van der Waals surface area (Å²) in [5.74, 6) is 1.40. The summed E-state index contributed by atoms with van der Waals surface area (Å²) in [6, 6.07) is 0. The monoisotopic (exact) mass is 424 g/mol. The smallest absolute Gasteiger partial charge is 0.224 e. The highest BCUT2D eigenvalue weighted by Crippen LogP contribution is 2.27. The third-order valence-electron chi connectivity index (χ3n) is 4.11. The highest BCUT2D eigenvalue weighted by atomic mass is 32.2. The van der Waals surface area contributed by atoms with Crippen LogP contribution in [0.1, 0.15) is 31.0 Å². The van der Waals surface area contributed by atoms with Crippen LogP contribution in [0.5, 0.6) is 0 Å². The molecule has 0 spiro atoms. The van der Waals surface area contributed by atoms with E-state index in [-0.39, 0.29) is 12.5 Å². The van der Waals surface area contributed by atoms with Gasteiger partial charge in [-0.25, -0.2) is 4.98 Å². The molecule has 156 valence electrons. The van der Waals surface area contributed by atoms with Gasteiger partial charge in [-0.05, 0) is 25.5 Å². The van der Waals surface area contributed by atoms with Crippen molar-refractivity contribution in [2.24, 2.45) is 5.92 Å². The van der Waals surface area contributed by atoms with Crippen LogP contribution in [0, 0.1) is 18.3 Å². The van der Waals surface area contributed by atoms with Gasteiger partial charge in [-0.1, -0.05) is 56.3 Å². The van der Waals surface area contributed by atoms with Crippen molar-refractivity contribution in [3.8, 4) is 0 Å². The summed E-state index contributed by atoms with van der Waals surface area (Å²) in [7, 11) is 0. The van der Waals surface area contributed by atoms with E-state index in [9.17, 15) is 5.11 Å². The summed E-state index contributed by atoms with van der Waals surface area (Å²) in [5, 5.41) is 24.7. The molecule has 0 aliphatic heterocycles. The molecule has 1 atom stereocenters. The maximum atomic E-state index is 9.39. The van der Waals surface area contributed by atoms with E-state index in [1.807, 2.05) is 13.2 Å². The van der Waals surface area contributed by atoms with Gasteiger partial charge in [0.05, 0.1) is 11.3 Å². The van der Waals surface area contributed by atoms with Crippen LogP contribution < -0.4 is 15.4 Å². The van der Waals surface area contributed by atoms with Crippen molar-refractivity contribution in [3.05, 3.63) is 35.4 Å². The van der Waals surface area contributed by atoms with E-state index in [4.69, 9.17) is 5.41 Å². The van der Waals surface area contributed by atoms with Gasteiger partial charge in [-0.15, -0.1) is 0 Å². The highest BCUT2D eigenvalue weighted by molar-refractivity contribution is 8.17. The Morgan fingerprint density at radius 2 is 2.04 bits per heavy atom. The average Bonchev–Trinajstić information content (AvgIpc) is 2.68. The molecule has 0 aliphatic rings. The second-order valence-corrected chi connectivity index (χ2v) is 7.99. The molecule has 9 heteroatoms. The molecule has 0 saturated heterocycles. The zero-order valence-electron chi connectivity index (χ0n) is 17.0. The molecule has 0 amide bonds. The Balaban J connectivity index is 3.01. The molecule has 1 unspecified atom stereocenters. The molecule has 0 fully saturated rings. The molecule has 1 aromatic rings. The summed E-state index contributed by atoms with van der Waals surface area (Å²) in [6.07, 6.45) is 5.36. The van der Waals surface area contributed by atoms with E-state index >= 15 is 0 Å².